The highest BCUT2D eigenvalue weighted by atomic mass is 35.5. The highest BCUT2D eigenvalue weighted by Crippen LogP contribution is 2.21. The Labute approximate surface area is 146 Å². The van der Waals surface area contributed by atoms with Crippen LogP contribution in [-0.2, 0) is 15.9 Å². The first-order valence-corrected chi connectivity index (χ1v) is 8.24. The third kappa shape index (κ3) is 5.06. The van der Waals surface area contributed by atoms with Crippen molar-refractivity contribution >= 4 is 17.7 Å². The number of ether oxygens (including phenoxy) is 2. The van der Waals surface area contributed by atoms with Gasteiger partial charge in [-0.2, -0.15) is 0 Å². The molecule has 1 saturated heterocycles. The zero-order valence-corrected chi connectivity index (χ0v) is 14.8. The van der Waals surface area contributed by atoms with E-state index in [0.717, 1.165) is 0 Å². The van der Waals surface area contributed by atoms with Gasteiger partial charge in [-0.3, -0.25) is 4.90 Å². The summed E-state index contributed by atoms with van der Waals surface area (Å²) in [7, 11) is 0. The van der Waals surface area contributed by atoms with E-state index in [1.165, 1.54) is 17.0 Å². The van der Waals surface area contributed by atoms with Crippen LogP contribution < -0.4 is 0 Å². The van der Waals surface area contributed by atoms with Gasteiger partial charge < -0.3 is 14.6 Å². The number of carbonyl (C=O) groups is 1. The molecule has 2 unspecified atom stereocenters. The molecule has 0 aromatic heterocycles. The smallest absolute Gasteiger partial charge is 0.410 e. The molecule has 0 saturated carbocycles. The van der Waals surface area contributed by atoms with Gasteiger partial charge in [-0.1, -0.05) is 17.7 Å². The Morgan fingerprint density at radius 2 is 2.25 bits per heavy atom. The number of hydrogen-bond donors (Lipinski definition) is 1. The van der Waals surface area contributed by atoms with Crippen molar-refractivity contribution in [1.82, 2.24) is 4.90 Å². The lowest BCUT2D eigenvalue weighted by Crippen LogP contribution is -2.55. The van der Waals surface area contributed by atoms with E-state index in [0.29, 0.717) is 23.7 Å². The van der Waals surface area contributed by atoms with Crippen molar-refractivity contribution in [3.8, 4) is 0 Å². The van der Waals surface area contributed by atoms with Gasteiger partial charge in [0.25, 0.3) is 0 Å². The first kappa shape index (κ1) is 19.0. The summed E-state index contributed by atoms with van der Waals surface area (Å²) in [5, 5.41) is 10.8. The van der Waals surface area contributed by atoms with Crippen molar-refractivity contribution < 1.29 is 23.8 Å². The number of aliphatic hydroxyl groups is 1. The maximum atomic E-state index is 13.9. The van der Waals surface area contributed by atoms with Crippen molar-refractivity contribution in [2.75, 3.05) is 19.8 Å². The third-order valence-electron chi connectivity index (χ3n) is 3.68. The second kappa shape index (κ2) is 7.68. The Kier molecular flexibility index (Phi) is 6.06. The molecule has 2 atom stereocenters. The number of nitrogens with zero attached hydrogens (tertiary/aromatic N) is 1. The zero-order chi connectivity index (χ0) is 17.9. The van der Waals surface area contributed by atoms with Gasteiger partial charge in [-0.15, -0.1) is 0 Å². The van der Waals surface area contributed by atoms with Crippen molar-refractivity contribution in [2.24, 2.45) is 0 Å². The van der Waals surface area contributed by atoms with Crippen LogP contribution in [0, 0.1) is 5.82 Å². The van der Waals surface area contributed by atoms with Gasteiger partial charge in [0.1, 0.15) is 11.4 Å². The average Bonchev–Trinajstić information content (AvgIpc) is 2.48. The zero-order valence-electron chi connectivity index (χ0n) is 14.1. The van der Waals surface area contributed by atoms with Gasteiger partial charge in [-0.25, -0.2) is 9.18 Å². The molecule has 1 aliphatic rings. The van der Waals surface area contributed by atoms with E-state index in [-0.39, 0.29) is 13.0 Å². The lowest BCUT2D eigenvalue weighted by atomic mass is 10.0. The van der Waals surface area contributed by atoms with Gasteiger partial charge >= 0.3 is 6.09 Å². The minimum absolute atomic E-state index is 0.0519. The molecule has 1 N–H and O–H groups in total. The number of rotatable bonds is 3. The molecule has 1 fully saturated rings. The summed E-state index contributed by atoms with van der Waals surface area (Å²) in [5.74, 6) is -0.484. The van der Waals surface area contributed by atoms with Crippen LogP contribution in [-0.4, -0.2) is 53.6 Å². The Balaban J connectivity index is 2.09. The monoisotopic (exact) mass is 359 g/mol. The van der Waals surface area contributed by atoms with Gasteiger partial charge in [0.15, 0.2) is 0 Å². The highest BCUT2D eigenvalue weighted by Gasteiger charge is 2.35. The van der Waals surface area contributed by atoms with Gasteiger partial charge in [0.05, 0.1) is 25.4 Å². The van der Waals surface area contributed by atoms with Gasteiger partial charge in [-0.05, 0) is 38.5 Å². The number of benzene rings is 1. The van der Waals surface area contributed by atoms with Crippen LogP contribution in [0.15, 0.2) is 18.2 Å². The summed E-state index contributed by atoms with van der Waals surface area (Å²) in [5.41, 5.74) is -0.297. The Bertz CT molecular complexity index is 590. The summed E-state index contributed by atoms with van der Waals surface area (Å²) in [6.45, 7) is 6.20. The average molecular weight is 360 g/mol. The fraction of sp³-hybridized carbons (Fsp3) is 0.588. The normalized spacial score (nSPS) is 19.9. The molecule has 0 aliphatic carbocycles. The van der Waals surface area contributed by atoms with Crippen LogP contribution in [0.25, 0.3) is 0 Å². The molecule has 1 aromatic rings. The fourth-order valence-corrected chi connectivity index (χ4v) is 2.70. The first-order valence-electron chi connectivity index (χ1n) is 7.87. The van der Waals surface area contributed by atoms with Crippen molar-refractivity contribution in [2.45, 2.75) is 44.9 Å². The standard InChI is InChI=1S/C17H23ClFNO4/c1-17(2,3)24-16(22)20-6-7-23-10-14(20)15(21)8-11-4-5-12(18)9-13(11)19/h4-5,9,14-15,21H,6-8,10H2,1-3H3. The lowest BCUT2D eigenvalue weighted by Gasteiger charge is -2.38. The molecular formula is C17H23ClFNO4. The molecule has 24 heavy (non-hydrogen) atoms. The number of carbonyl (C=O) groups excluding carboxylic acids is 1. The minimum atomic E-state index is -0.978. The molecule has 1 aliphatic heterocycles. The third-order valence-corrected chi connectivity index (χ3v) is 3.92. The number of morpholine rings is 1. The minimum Gasteiger partial charge on any atom is -0.444 e. The largest absolute Gasteiger partial charge is 0.444 e. The summed E-state index contributed by atoms with van der Waals surface area (Å²) >= 11 is 5.74. The number of aliphatic hydroxyl groups excluding tert-OH is 1. The Morgan fingerprint density at radius 1 is 1.54 bits per heavy atom. The van der Waals surface area contributed by atoms with E-state index < -0.39 is 29.7 Å². The predicted molar refractivity (Wildman–Crippen MR) is 88.7 cm³/mol. The van der Waals surface area contributed by atoms with Crippen LogP contribution >= 0.6 is 11.6 Å². The first-order chi connectivity index (χ1) is 11.2. The van der Waals surface area contributed by atoms with E-state index >= 15 is 0 Å². The van der Waals surface area contributed by atoms with Crippen molar-refractivity contribution in [3.63, 3.8) is 0 Å². The molecule has 134 valence electrons. The summed E-state index contributed by atoms with van der Waals surface area (Å²) in [4.78, 5) is 13.8. The maximum Gasteiger partial charge on any atom is 0.410 e. The molecule has 0 bridgehead atoms. The predicted octanol–water partition coefficient (Wildman–Crippen LogP) is 3.02. The molecular weight excluding hydrogens is 337 g/mol. The lowest BCUT2D eigenvalue weighted by molar-refractivity contribution is -0.0661. The highest BCUT2D eigenvalue weighted by molar-refractivity contribution is 6.30. The molecule has 0 radical (unpaired) electrons. The summed E-state index contributed by atoms with van der Waals surface area (Å²) in [6, 6.07) is 3.70. The van der Waals surface area contributed by atoms with E-state index in [4.69, 9.17) is 21.1 Å². The summed E-state index contributed by atoms with van der Waals surface area (Å²) < 4.78 is 24.7. The van der Waals surface area contributed by atoms with E-state index in [9.17, 15) is 14.3 Å². The molecule has 0 spiro atoms. The van der Waals surface area contributed by atoms with Crippen LogP contribution in [0.2, 0.25) is 5.02 Å². The number of halogens is 2. The fourth-order valence-electron chi connectivity index (χ4n) is 2.54. The second-order valence-corrected chi connectivity index (χ2v) is 7.26. The maximum absolute atomic E-state index is 13.9. The van der Waals surface area contributed by atoms with Crippen molar-refractivity contribution in [1.29, 1.82) is 0 Å². The van der Waals surface area contributed by atoms with E-state index in [2.05, 4.69) is 0 Å². The van der Waals surface area contributed by atoms with Gasteiger partial charge in [0.2, 0.25) is 0 Å². The molecule has 2 rings (SSSR count). The summed E-state index contributed by atoms with van der Waals surface area (Å²) in [6.07, 6.45) is -1.43. The van der Waals surface area contributed by atoms with Crippen LogP contribution in [0.1, 0.15) is 26.3 Å². The molecule has 1 aromatic carbocycles. The van der Waals surface area contributed by atoms with Crippen molar-refractivity contribution in [3.05, 3.63) is 34.6 Å². The number of hydrogen-bond acceptors (Lipinski definition) is 4. The van der Waals surface area contributed by atoms with Crippen LogP contribution in [0.4, 0.5) is 9.18 Å². The Hall–Kier alpha value is -1.37. The SMILES string of the molecule is CC(C)(C)OC(=O)N1CCOCC1C(O)Cc1ccc(Cl)cc1F. The second-order valence-electron chi connectivity index (χ2n) is 6.82. The van der Waals surface area contributed by atoms with Crippen LogP contribution in [0.5, 0.6) is 0 Å². The topological polar surface area (TPSA) is 59.0 Å². The molecule has 1 heterocycles. The quantitative estimate of drug-likeness (QED) is 0.901. The van der Waals surface area contributed by atoms with E-state index in [1.807, 2.05) is 0 Å². The Morgan fingerprint density at radius 3 is 2.88 bits per heavy atom. The van der Waals surface area contributed by atoms with Crippen LogP contribution in [0.3, 0.4) is 0 Å². The molecule has 1 amide bonds. The van der Waals surface area contributed by atoms with E-state index in [1.54, 1.807) is 26.8 Å². The van der Waals surface area contributed by atoms with Gasteiger partial charge in [0, 0.05) is 18.0 Å². The molecule has 7 heteroatoms. The molecule has 5 nitrogen and oxygen atoms in total. The number of amides is 1.